The summed E-state index contributed by atoms with van der Waals surface area (Å²) >= 11 is 3.11. The highest BCUT2D eigenvalue weighted by atomic mass is 79.9. The Balaban J connectivity index is 2.17. The van der Waals surface area contributed by atoms with Gasteiger partial charge in [-0.1, -0.05) is 12.1 Å². The molecule has 1 N–H and O–H groups in total. The Labute approximate surface area is 114 Å². The quantitative estimate of drug-likeness (QED) is 0.918. The van der Waals surface area contributed by atoms with Crippen molar-refractivity contribution in [3.05, 3.63) is 58.3 Å². The molecule has 0 spiro atoms. The summed E-state index contributed by atoms with van der Waals surface area (Å²) in [5, 5.41) is 3.07. The summed E-state index contributed by atoms with van der Waals surface area (Å²) in [6.07, 6.45) is 0. The van der Waals surface area contributed by atoms with E-state index in [0.717, 1.165) is 12.1 Å². The van der Waals surface area contributed by atoms with E-state index in [-0.39, 0.29) is 5.82 Å². The second kappa shape index (κ2) is 5.98. The lowest BCUT2D eigenvalue weighted by atomic mass is 10.2. The first-order chi connectivity index (χ1) is 8.69. The van der Waals surface area contributed by atoms with Gasteiger partial charge in [0.05, 0.1) is 4.47 Å². The summed E-state index contributed by atoms with van der Waals surface area (Å²) in [4.78, 5) is 0. The first-order valence-electron chi connectivity index (χ1n) is 5.55. The number of halogens is 2. The van der Waals surface area contributed by atoms with Crippen LogP contribution in [0.5, 0.6) is 11.5 Å². The molecule has 0 bridgehead atoms. The van der Waals surface area contributed by atoms with Crippen LogP contribution in [-0.2, 0) is 6.54 Å². The van der Waals surface area contributed by atoms with Gasteiger partial charge in [0.15, 0.2) is 0 Å². The maximum atomic E-state index is 13.3. The van der Waals surface area contributed by atoms with Crippen molar-refractivity contribution >= 4 is 15.9 Å². The van der Waals surface area contributed by atoms with Gasteiger partial charge in [-0.2, -0.15) is 0 Å². The first-order valence-corrected chi connectivity index (χ1v) is 6.35. The Bertz CT molecular complexity index is 545. The summed E-state index contributed by atoms with van der Waals surface area (Å²) in [6, 6.07) is 12.4. The number of hydrogen-bond donors (Lipinski definition) is 1. The number of nitrogens with one attached hydrogen (secondary N) is 1. The third kappa shape index (κ3) is 3.31. The normalized spacial score (nSPS) is 10.4. The van der Waals surface area contributed by atoms with Crippen molar-refractivity contribution in [2.45, 2.75) is 6.54 Å². The molecule has 0 fully saturated rings. The molecule has 94 valence electrons. The summed E-state index contributed by atoms with van der Waals surface area (Å²) in [5.41, 5.74) is 1.12. The minimum Gasteiger partial charge on any atom is -0.457 e. The Morgan fingerprint density at radius 2 is 1.94 bits per heavy atom. The predicted octanol–water partition coefficient (Wildman–Crippen LogP) is 4.10. The fourth-order valence-corrected chi connectivity index (χ4v) is 1.85. The van der Waals surface area contributed by atoms with Crippen molar-refractivity contribution < 1.29 is 9.13 Å². The molecule has 0 unspecified atom stereocenters. The molecule has 0 heterocycles. The summed E-state index contributed by atoms with van der Waals surface area (Å²) < 4.78 is 19.4. The molecule has 0 atom stereocenters. The molecule has 0 aliphatic rings. The summed E-state index contributed by atoms with van der Waals surface area (Å²) in [7, 11) is 1.89. The minimum absolute atomic E-state index is 0.334. The predicted molar refractivity (Wildman–Crippen MR) is 73.4 cm³/mol. The molecule has 0 radical (unpaired) electrons. The van der Waals surface area contributed by atoms with Gasteiger partial charge >= 0.3 is 0 Å². The van der Waals surface area contributed by atoms with Crippen LogP contribution in [0.2, 0.25) is 0 Å². The van der Waals surface area contributed by atoms with Gasteiger partial charge in [-0.3, -0.25) is 0 Å². The summed E-state index contributed by atoms with van der Waals surface area (Å²) in [5.74, 6) is 0.848. The van der Waals surface area contributed by atoms with E-state index >= 15 is 0 Å². The second-order valence-corrected chi connectivity index (χ2v) is 4.71. The Kier molecular flexibility index (Phi) is 4.33. The number of ether oxygens (including phenoxy) is 1. The van der Waals surface area contributed by atoms with Crippen molar-refractivity contribution in [2.24, 2.45) is 0 Å². The van der Waals surface area contributed by atoms with Crippen molar-refractivity contribution in [1.29, 1.82) is 0 Å². The van der Waals surface area contributed by atoms with E-state index < -0.39 is 0 Å². The van der Waals surface area contributed by atoms with Crippen LogP contribution in [-0.4, -0.2) is 7.05 Å². The standard InChI is InChI=1S/C14H13BrFNO/c1-17-9-10-3-2-4-11(7-10)18-12-5-6-13(15)14(16)8-12/h2-8,17H,9H2,1H3. The van der Waals surface area contributed by atoms with Crippen molar-refractivity contribution in [1.82, 2.24) is 5.32 Å². The van der Waals surface area contributed by atoms with E-state index in [1.807, 2.05) is 31.3 Å². The molecule has 2 rings (SSSR count). The third-order valence-corrected chi connectivity index (χ3v) is 3.05. The minimum atomic E-state index is -0.334. The lowest BCUT2D eigenvalue weighted by Crippen LogP contribution is -2.04. The fraction of sp³-hybridized carbons (Fsp3) is 0.143. The van der Waals surface area contributed by atoms with Crippen LogP contribution in [0.15, 0.2) is 46.9 Å². The molecule has 0 aliphatic carbocycles. The maximum Gasteiger partial charge on any atom is 0.141 e. The van der Waals surface area contributed by atoms with Crippen LogP contribution < -0.4 is 10.1 Å². The molecule has 0 saturated heterocycles. The first kappa shape index (κ1) is 13.1. The van der Waals surface area contributed by atoms with E-state index in [9.17, 15) is 4.39 Å². The molecular formula is C14H13BrFNO. The molecule has 0 aromatic heterocycles. The van der Waals surface area contributed by atoms with Crippen LogP contribution in [0.25, 0.3) is 0 Å². The summed E-state index contributed by atoms with van der Waals surface area (Å²) in [6.45, 7) is 0.770. The Morgan fingerprint density at radius 3 is 2.67 bits per heavy atom. The van der Waals surface area contributed by atoms with Crippen molar-refractivity contribution in [3.8, 4) is 11.5 Å². The highest BCUT2D eigenvalue weighted by molar-refractivity contribution is 9.10. The van der Waals surface area contributed by atoms with Gasteiger partial charge in [0.25, 0.3) is 0 Å². The van der Waals surface area contributed by atoms with Gasteiger partial charge < -0.3 is 10.1 Å². The highest BCUT2D eigenvalue weighted by Gasteiger charge is 2.03. The van der Waals surface area contributed by atoms with E-state index in [1.165, 1.54) is 6.07 Å². The van der Waals surface area contributed by atoms with Crippen LogP contribution in [0, 0.1) is 5.82 Å². The third-order valence-electron chi connectivity index (χ3n) is 2.41. The largest absolute Gasteiger partial charge is 0.457 e. The van der Waals surface area contributed by atoms with E-state index in [1.54, 1.807) is 12.1 Å². The van der Waals surface area contributed by atoms with Crippen LogP contribution in [0.4, 0.5) is 4.39 Å². The molecule has 2 nitrogen and oxygen atoms in total. The van der Waals surface area contributed by atoms with E-state index in [4.69, 9.17) is 4.74 Å². The molecule has 2 aromatic carbocycles. The van der Waals surface area contributed by atoms with E-state index in [2.05, 4.69) is 21.2 Å². The zero-order chi connectivity index (χ0) is 13.0. The average Bonchev–Trinajstić information content (AvgIpc) is 2.35. The van der Waals surface area contributed by atoms with Crippen molar-refractivity contribution in [3.63, 3.8) is 0 Å². The van der Waals surface area contributed by atoms with Gasteiger partial charge in [0.1, 0.15) is 17.3 Å². The lowest BCUT2D eigenvalue weighted by Gasteiger charge is -2.08. The van der Waals surface area contributed by atoms with Gasteiger partial charge in [-0.05, 0) is 52.8 Å². The maximum absolute atomic E-state index is 13.3. The molecule has 2 aromatic rings. The SMILES string of the molecule is CNCc1cccc(Oc2ccc(Br)c(F)c2)c1. The van der Waals surface area contributed by atoms with E-state index in [0.29, 0.717) is 16.0 Å². The second-order valence-electron chi connectivity index (χ2n) is 3.86. The zero-order valence-electron chi connectivity index (χ0n) is 9.91. The van der Waals surface area contributed by atoms with Crippen LogP contribution in [0.1, 0.15) is 5.56 Å². The van der Waals surface area contributed by atoms with Crippen LogP contribution in [0.3, 0.4) is 0 Å². The lowest BCUT2D eigenvalue weighted by molar-refractivity contribution is 0.475. The average molecular weight is 310 g/mol. The highest BCUT2D eigenvalue weighted by Crippen LogP contribution is 2.26. The smallest absolute Gasteiger partial charge is 0.141 e. The molecule has 0 aliphatic heterocycles. The fourth-order valence-electron chi connectivity index (χ4n) is 1.60. The molecule has 0 saturated carbocycles. The van der Waals surface area contributed by atoms with Gasteiger partial charge in [0.2, 0.25) is 0 Å². The zero-order valence-corrected chi connectivity index (χ0v) is 11.5. The van der Waals surface area contributed by atoms with Gasteiger partial charge in [-0.25, -0.2) is 4.39 Å². The Hall–Kier alpha value is -1.39. The molecule has 4 heteroatoms. The molecular weight excluding hydrogens is 297 g/mol. The number of rotatable bonds is 4. The van der Waals surface area contributed by atoms with Gasteiger partial charge in [-0.15, -0.1) is 0 Å². The monoisotopic (exact) mass is 309 g/mol. The van der Waals surface area contributed by atoms with Crippen LogP contribution >= 0.6 is 15.9 Å². The Morgan fingerprint density at radius 1 is 1.17 bits per heavy atom. The number of benzene rings is 2. The van der Waals surface area contributed by atoms with Crippen molar-refractivity contribution in [2.75, 3.05) is 7.05 Å². The number of hydrogen-bond acceptors (Lipinski definition) is 2. The van der Waals surface area contributed by atoms with Gasteiger partial charge in [0, 0.05) is 12.6 Å². The molecule has 0 amide bonds. The molecule has 18 heavy (non-hydrogen) atoms. The topological polar surface area (TPSA) is 21.3 Å².